The van der Waals surface area contributed by atoms with Crippen molar-refractivity contribution in [2.75, 3.05) is 7.11 Å². The van der Waals surface area contributed by atoms with Crippen molar-refractivity contribution in [3.63, 3.8) is 0 Å². The average Bonchev–Trinajstić information content (AvgIpc) is 2.33. The molecule has 0 amide bonds. The monoisotopic (exact) mass is 267 g/mol. The van der Waals surface area contributed by atoms with Crippen molar-refractivity contribution in [1.29, 1.82) is 0 Å². The van der Waals surface area contributed by atoms with Crippen LogP contribution in [-0.4, -0.2) is 25.3 Å². The normalized spacial score (nSPS) is 38.8. The van der Waals surface area contributed by atoms with E-state index in [2.05, 4.69) is 39.9 Å². The predicted octanol–water partition coefficient (Wildman–Crippen LogP) is 3.99. The van der Waals surface area contributed by atoms with Gasteiger partial charge in [-0.2, -0.15) is 0 Å². The van der Waals surface area contributed by atoms with Crippen LogP contribution in [0.15, 0.2) is 0 Å². The Hall–Kier alpha value is -0.0800. The summed E-state index contributed by atoms with van der Waals surface area (Å²) in [7, 11) is 1.84. The minimum atomic E-state index is 0.301. The summed E-state index contributed by atoms with van der Waals surface area (Å²) < 4.78 is 5.54. The molecule has 112 valence electrons. The first-order valence-corrected chi connectivity index (χ1v) is 8.04. The van der Waals surface area contributed by atoms with Crippen molar-refractivity contribution >= 4 is 0 Å². The molecule has 2 saturated carbocycles. The van der Waals surface area contributed by atoms with Crippen LogP contribution in [0.1, 0.15) is 66.7 Å². The van der Waals surface area contributed by atoms with Crippen molar-refractivity contribution < 1.29 is 4.74 Å². The van der Waals surface area contributed by atoms with Crippen LogP contribution >= 0.6 is 0 Å². The molecule has 0 bridgehead atoms. The Morgan fingerprint density at radius 1 is 1.05 bits per heavy atom. The zero-order chi connectivity index (χ0) is 14.3. The first-order valence-electron chi connectivity index (χ1n) is 8.04. The van der Waals surface area contributed by atoms with Crippen LogP contribution in [0.4, 0.5) is 0 Å². The highest BCUT2D eigenvalue weighted by molar-refractivity contribution is 5.04. The molecule has 19 heavy (non-hydrogen) atoms. The van der Waals surface area contributed by atoms with Crippen molar-refractivity contribution in [2.24, 2.45) is 16.7 Å². The lowest BCUT2D eigenvalue weighted by Gasteiger charge is -2.53. The summed E-state index contributed by atoms with van der Waals surface area (Å²) >= 11 is 0. The van der Waals surface area contributed by atoms with Crippen LogP contribution in [-0.2, 0) is 4.74 Å². The van der Waals surface area contributed by atoms with Gasteiger partial charge in [-0.1, -0.05) is 34.6 Å². The number of hydrogen-bond acceptors (Lipinski definition) is 2. The van der Waals surface area contributed by atoms with E-state index < -0.39 is 0 Å². The van der Waals surface area contributed by atoms with E-state index in [0.717, 1.165) is 12.0 Å². The van der Waals surface area contributed by atoms with E-state index in [-0.39, 0.29) is 0 Å². The summed E-state index contributed by atoms with van der Waals surface area (Å²) in [5.74, 6) is 0.909. The van der Waals surface area contributed by atoms with Crippen molar-refractivity contribution in [1.82, 2.24) is 5.32 Å². The van der Waals surface area contributed by atoms with Crippen molar-refractivity contribution in [2.45, 2.75) is 84.9 Å². The minimum Gasteiger partial charge on any atom is -0.381 e. The summed E-state index contributed by atoms with van der Waals surface area (Å²) in [6, 6.07) is 1.38. The molecule has 0 aromatic rings. The zero-order valence-corrected chi connectivity index (χ0v) is 13.8. The van der Waals surface area contributed by atoms with Crippen LogP contribution in [0.25, 0.3) is 0 Å². The van der Waals surface area contributed by atoms with Crippen molar-refractivity contribution in [3.05, 3.63) is 0 Å². The van der Waals surface area contributed by atoms with Gasteiger partial charge in [0.2, 0.25) is 0 Å². The summed E-state index contributed by atoms with van der Waals surface area (Å²) in [6.45, 7) is 11.9. The fraction of sp³-hybridized carbons (Fsp3) is 1.00. The van der Waals surface area contributed by atoms with E-state index in [1.54, 1.807) is 0 Å². The van der Waals surface area contributed by atoms with E-state index in [4.69, 9.17) is 4.74 Å². The summed E-state index contributed by atoms with van der Waals surface area (Å²) in [5, 5.41) is 3.90. The molecule has 1 N–H and O–H groups in total. The quantitative estimate of drug-likeness (QED) is 0.834. The van der Waals surface area contributed by atoms with Gasteiger partial charge in [-0.15, -0.1) is 0 Å². The van der Waals surface area contributed by atoms with Gasteiger partial charge in [0.05, 0.1) is 6.10 Å². The summed E-state index contributed by atoms with van der Waals surface area (Å²) in [4.78, 5) is 0. The topological polar surface area (TPSA) is 21.3 Å². The van der Waals surface area contributed by atoms with Crippen LogP contribution in [0.5, 0.6) is 0 Å². The number of rotatable bonds is 3. The maximum Gasteiger partial charge on any atom is 0.0652 e. The molecule has 2 atom stereocenters. The van der Waals surface area contributed by atoms with Gasteiger partial charge >= 0.3 is 0 Å². The second-order valence-electron chi connectivity index (χ2n) is 8.42. The molecule has 0 radical (unpaired) electrons. The number of ether oxygens (including phenoxy) is 1. The Morgan fingerprint density at radius 2 is 1.63 bits per heavy atom. The lowest BCUT2D eigenvalue weighted by Crippen LogP contribution is -2.62. The highest BCUT2D eigenvalue weighted by Gasteiger charge is 2.49. The fourth-order valence-corrected chi connectivity index (χ4v) is 3.98. The first kappa shape index (κ1) is 15.3. The average molecular weight is 267 g/mol. The third-order valence-electron chi connectivity index (χ3n) is 5.85. The third-order valence-corrected chi connectivity index (χ3v) is 5.85. The second kappa shape index (κ2) is 5.37. The number of methoxy groups -OCH3 is 1. The molecule has 0 aromatic carbocycles. The van der Waals surface area contributed by atoms with Crippen LogP contribution in [0, 0.1) is 16.7 Å². The summed E-state index contributed by atoms with van der Waals surface area (Å²) in [5.41, 5.74) is 0.789. The van der Waals surface area contributed by atoms with Gasteiger partial charge in [0, 0.05) is 24.6 Å². The molecule has 0 aliphatic heterocycles. The Morgan fingerprint density at radius 3 is 2.05 bits per heavy atom. The van der Waals surface area contributed by atoms with Gasteiger partial charge in [-0.05, 0) is 43.4 Å². The molecule has 2 fully saturated rings. The lowest BCUT2D eigenvalue weighted by atomic mass is 9.63. The van der Waals surface area contributed by atoms with Gasteiger partial charge in [0.1, 0.15) is 0 Å². The van der Waals surface area contributed by atoms with Crippen LogP contribution < -0.4 is 5.32 Å². The van der Waals surface area contributed by atoms with E-state index in [0.29, 0.717) is 23.0 Å². The fourth-order valence-electron chi connectivity index (χ4n) is 3.98. The van der Waals surface area contributed by atoms with Crippen molar-refractivity contribution in [3.8, 4) is 0 Å². The Labute approximate surface area is 119 Å². The van der Waals surface area contributed by atoms with Gasteiger partial charge in [-0.25, -0.2) is 0 Å². The predicted molar refractivity (Wildman–Crippen MR) is 81.3 cm³/mol. The van der Waals surface area contributed by atoms with Crippen LogP contribution in [0.3, 0.4) is 0 Å². The maximum absolute atomic E-state index is 5.54. The summed E-state index contributed by atoms with van der Waals surface area (Å²) in [6.07, 6.45) is 7.11. The van der Waals surface area contributed by atoms with Gasteiger partial charge in [-0.3, -0.25) is 0 Å². The van der Waals surface area contributed by atoms with Gasteiger partial charge in [0.25, 0.3) is 0 Å². The Bertz CT molecular complexity index is 297. The lowest BCUT2D eigenvalue weighted by molar-refractivity contribution is -0.102. The van der Waals surface area contributed by atoms with E-state index in [1.807, 2.05) is 7.11 Å². The third kappa shape index (κ3) is 3.16. The van der Waals surface area contributed by atoms with E-state index in [1.165, 1.54) is 32.1 Å². The van der Waals surface area contributed by atoms with E-state index in [9.17, 15) is 0 Å². The standard InChI is InChI=1S/C17H33NO/c1-16(2,3)12-7-9-13(10-8-12)18-14-11-15(19-6)17(14,4)5/h12-15,18H,7-11H2,1-6H3. The highest BCUT2D eigenvalue weighted by atomic mass is 16.5. The molecule has 0 heterocycles. The van der Waals surface area contributed by atoms with E-state index >= 15 is 0 Å². The van der Waals surface area contributed by atoms with Crippen LogP contribution in [0.2, 0.25) is 0 Å². The molecule has 2 nitrogen and oxygen atoms in total. The molecule has 0 saturated heterocycles. The molecule has 2 heteroatoms. The SMILES string of the molecule is COC1CC(NC2CCC(C(C)(C)C)CC2)C1(C)C. The number of nitrogens with one attached hydrogen (secondary N) is 1. The van der Waals surface area contributed by atoms with Gasteiger partial charge in [0.15, 0.2) is 0 Å². The smallest absolute Gasteiger partial charge is 0.0652 e. The number of hydrogen-bond donors (Lipinski definition) is 1. The Kier molecular flexibility index (Phi) is 4.32. The first-order chi connectivity index (χ1) is 8.75. The maximum atomic E-state index is 5.54. The molecule has 0 spiro atoms. The Balaban J connectivity index is 1.78. The zero-order valence-electron chi connectivity index (χ0n) is 13.8. The largest absolute Gasteiger partial charge is 0.381 e. The molecule has 2 unspecified atom stereocenters. The second-order valence-corrected chi connectivity index (χ2v) is 8.42. The minimum absolute atomic E-state index is 0.301. The molecule has 2 rings (SSSR count). The van der Waals surface area contributed by atoms with Gasteiger partial charge < -0.3 is 10.1 Å². The highest BCUT2D eigenvalue weighted by Crippen LogP contribution is 2.44. The molecule has 0 aromatic heterocycles. The molecule has 2 aliphatic rings. The molecular formula is C17H33NO. The molecular weight excluding hydrogens is 234 g/mol. The molecule has 2 aliphatic carbocycles.